The summed E-state index contributed by atoms with van der Waals surface area (Å²) in [5.41, 5.74) is 2.89. The number of ether oxygens (including phenoxy) is 1. The van der Waals surface area contributed by atoms with Crippen molar-refractivity contribution in [3.8, 4) is 0 Å². The van der Waals surface area contributed by atoms with Crippen LogP contribution < -0.4 is 5.32 Å². The molecule has 28 heavy (non-hydrogen) atoms. The molecular formula is C23H21NO4. The van der Waals surface area contributed by atoms with Crippen molar-refractivity contribution >= 4 is 28.4 Å². The van der Waals surface area contributed by atoms with Gasteiger partial charge in [0.1, 0.15) is 6.54 Å². The molecule has 0 aliphatic carbocycles. The lowest BCUT2D eigenvalue weighted by atomic mass is 10.0. The topological polar surface area (TPSA) is 72.5 Å². The van der Waals surface area contributed by atoms with Gasteiger partial charge in [0.25, 0.3) is 5.91 Å². The SMILES string of the molecule is Cc1cc(C)cc(C(=O)NCC(=O)OCC(=O)c2ccc3ccccc3c2)c1. The van der Waals surface area contributed by atoms with Crippen molar-refractivity contribution in [2.75, 3.05) is 13.2 Å². The Morgan fingerprint density at radius 2 is 1.50 bits per heavy atom. The van der Waals surface area contributed by atoms with Crippen molar-refractivity contribution in [3.05, 3.63) is 82.9 Å². The predicted molar refractivity (Wildman–Crippen MR) is 107 cm³/mol. The third-order valence-corrected chi connectivity index (χ3v) is 4.31. The van der Waals surface area contributed by atoms with Gasteiger partial charge in [0.05, 0.1) is 0 Å². The van der Waals surface area contributed by atoms with E-state index in [0.29, 0.717) is 11.1 Å². The van der Waals surface area contributed by atoms with E-state index in [0.717, 1.165) is 21.9 Å². The van der Waals surface area contributed by atoms with E-state index in [1.165, 1.54) is 0 Å². The second-order valence-corrected chi connectivity index (χ2v) is 6.70. The summed E-state index contributed by atoms with van der Waals surface area (Å²) >= 11 is 0. The summed E-state index contributed by atoms with van der Waals surface area (Å²) in [5, 5.41) is 4.49. The van der Waals surface area contributed by atoms with E-state index in [1.807, 2.05) is 50.2 Å². The molecule has 5 nitrogen and oxygen atoms in total. The molecule has 0 aliphatic heterocycles. The molecule has 0 bridgehead atoms. The Hall–Kier alpha value is -3.47. The van der Waals surface area contributed by atoms with Gasteiger partial charge in [0.2, 0.25) is 0 Å². The van der Waals surface area contributed by atoms with Gasteiger partial charge < -0.3 is 10.1 Å². The lowest BCUT2D eigenvalue weighted by Gasteiger charge is -2.08. The molecule has 0 heterocycles. The number of hydrogen-bond acceptors (Lipinski definition) is 4. The first kappa shape index (κ1) is 19.3. The number of benzene rings is 3. The van der Waals surface area contributed by atoms with E-state index >= 15 is 0 Å². The molecule has 0 atom stereocenters. The maximum atomic E-state index is 12.3. The first-order valence-corrected chi connectivity index (χ1v) is 8.96. The molecule has 0 aliphatic rings. The normalized spacial score (nSPS) is 10.5. The van der Waals surface area contributed by atoms with E-state index in [1.54, 1.807) is 24.3 Å². The molecule has 3 aromatic carbocycles. The molecule has 5 heteroatoms. The van der Waals surface area contributed by atoms with Crippen LogP contribution in [-0.4, -0.2) is 30.8 Å². The number of rotatable bonds is 6. The number of Topliss-reactive ketones (excluding diaryl/α,β-unsaturated/α-hetero) is 1. The average Bonchev–Trinajstić information content (AvgIpc) is 2.69. The summed E-state index contributed by atoms with van der Waals surface area (Å²) in [6.07, 6.45) is 0. The number of fused-ring (bicyclic) bond motifs is 1. The Bertz CT molecular complexity index is 1040. The number of hydrogen-bond donors (Lipinski definition) is 1. The van der Waals surface area contributed by atoms with Crippen LogP contribution in [0.2, 0.25) is 0 Å². The fourth-order valence-corrected chi connectivity index (χ4v) is 3.00. The van der Waals surface area contributed by atoms with Crippen LogP contribution in [0.4, 0.5) is 0 Å². The summed E-state index contributed by atoms with van der Waals surface area (Å²) in [6, 6.07) is 18.5. The maximum Gasteiger partial charge on any atom is 0.325 e. The predicted octanol–water partition coefficient (Wildman–Crippen LogP) is 3.61. The lowest BCUT2D eigenvalue weighted by Crippen LogP contribution is -2.31. The minimum Gasteiger partial charge on any atom is -0.456 e. The fourth-order valence-electron chi connectivity index (χ4n) is 3.00. The highest BCUT2D eigenvalue weighted by molar-refractivity contribution is 6.01. The van der Waals surface area contributed by atoms with E-state index in [-0.39, 0.29) is 24.8 Å². The summed E-state index contributed by atoms with van der Waals surface area (Å²) in [6.45, 7) is 3.14. The van der Waals surface area contributed by atoms with Gasteiger partial charge >= 0.3 is 5.97 Å². The first-order valence-electron chi connectivity index (χ1n) is 8.96. The van der Waals surface area contributed by atoms with Crippen LogP contribution in [0.5, 0.6) is 0 Å². The van der Waals surface area contributed by atoms with Crippen molar-refractivity contribution in [2.24, 2.45) is 0 Å². The Balaban J connectivity index is 1.51. The molecule has 0 radical (unpaired) electrons. The van der Waals surface area contributed by atoms with Crippen molar-refractivity contribution < 1.29 is 19.1 Å². The Morgan fingerprint density at radius 3 is 2.21 bits per heavy atom. The molecule has 0 spiro atoms. The van der Waals surface area contributed by atoms with Crippen molar-refractivity contribution in [2.45, 2.75) is 13.8 Å². The molecule has 1 N–H and O–H groups in total. The molecule has 3 aromatic rings. The molecule has 0 saturated heterocycles. The lowest BCUT2D eigenvalue weighted by molar-refractivity contribution is -0.141. The number of esters is 1. The van der Waals surface area contributed by atoms with Gasteiger partial charge in [-0.15, -0.1) is 0 Å². The Kier molecular flexibility index (Phi) is 5.84. The van der Waals surface area contributed by atoms with Crippen LogP contribution in [0.25, 0.3) is 10.8 Å². The van der Waals surface area contributed by atoms with Gasteiger partial charge in [-0.2, -0.15) is 0 Å². The van der Waals surface area contributed by atoms with Crippen LogP contribution in [0.3, 0.4) is 0 Å². The fraction of sp³-hybridized carbons (Fsp3) is 0.174. The molecule has 1 amide bonds. The highest BCUT2D eigenvalue weighted by atomic mass is 16.5. The highest BCUT2D eigenvalue weighted by Crippen LogP contribution is 2.16. The summed E-state index contributed by atoms with van der Waals surface area (Å²) in [4.78, 5) is 36.3. The highest BCUT2D eigenvalue weighted by Gasteiger charge is 2.13. The second kappa shape index (κ2) is 8.48. The van der Waals surface area contributed by atoms with Crippen LogP contribution in [0, 0.1) is 13.8 Å². The third-order valence-electron chi connectivity index (χ3n) is 4.31. The largest absolute Gasteiger partial charge is 0.456 e. The number of carbonyl (C=O) groups excluding carboxylic acids is 3. The Labute approximate surface area is 163 Å². The molecule has 0 aromatic heterocycles. The van der Waals surface area contributed by atoms with Gasteiger partial charge in [-0.1, -0.05) is 53.6 Å². The number of amides is 1. The van der Waals surface area contributed by atoms with Gasteiger partial charge in [0, 0.05) is 11.1 Å². The zero-order valence-electron chi connectivity index (χ0n) is 15.8. The monoisotopic (exact) mass is 375 g/mol. The first-order chi connectivity index (χ1) is 13.4. The van der Waals surface area contributed by atoms with E-state index in [9.17, 15) is 14.4 Å². The summed E-state index contributed by atoms with van der Waals surface area (Å²) in [7, 11) is 0. The van der Waals surface area contributed by atoms with Gasteiger partial charge in [0.15, 0.2) is 12.4 Å². The van der Waals surface area contributed by atoms with Crippen LogP contribution in [0.1, 0.15) is 31.8 Å². The van der Waals surface area contributed by atoms with Crippen LogP contribution in [0.15, 0.2) is 60.7 Å². The van der Waals surface area contributed by atoms with Crippen molar-refractivity contribution in [1.29, 1.82) is 0 Å². The van der Waals surface area contributed by atoms with Crippen molar-refractivity contribution in [1.82, 2.24) is 5.32 Å². The summed E-state index contributed by atoms with van der Waals surface area (Å²) in [5.74, 6) is -1.31. The van der Waals surface area contributed by atoms with Crippen LogP contribution in [-0.2, 0) is 9.53 Å². The van der Waals surface area contributed by atoms with Crippen molar-refractivity contribution in [3.63, 3.8) is 0 Å². The van der Waals surface area contributed by atoms with E-state index in [2.05, 4.69) is 5.32 Å². The maximum absolute atomic E-state index is 12.3. The Morgan fingerprint density at radius 1 is 0.821 bits per heavy atom. The van der Waals surface area contributed by atoms with E-state index < -0.39 is 5.97 Å². The van der Waals surface area contributed by atoms with Crippen LogP contribution >= 0.6 is 0 Å². The number of carbonyl (C=O) groups is 3. The molecular weight excluding hydrogens is 354 g/mol. The molecule has 142 valence electrons. The third kappa shape index (κ3) is 4.82. The summed E-state index contributed by atoms with van der Waals surface area (Å²) < 4.78 is 5.00. The number of aryl methyl sites for hydroxylation is 2. The molecule has 0 fully saturated rings. The standard InChI is InChI=1S/C23H21NO4/c1-15-9-16(2)11-20(10-15)23(27)24-13-22(26)28-14-21(25)19-8-7-17-5-3-4-6-18(17)12-19/h3-12H,13-14H2,1-2H3,(H,24,27). The minimum absolute atomic E-state index is 0.292. The van der Waals surface area contributed by atoms with E-state index in [4.69, 9.17) is 4.74 Å². The smallest absolute Gasteiger partial charge is 0.325 e. The molecule has 0 saturated carbocycles. The number of ketones is 1. The molecule has 3 rings (SSSR count). The minimum atomic E-state index is -0.660. The zero-order chi connectivity index (χ0) is 20.1. The molecule has 0 unspecified atom stereocenters. The zero-order valence-corrected chi connectivity index (χ0v) is 15.8. The second-order valence-electron chi connectivity index (χ2n) is 6.70. The van der Waals surface area contributed by atoms with Gasteiger partial charge in [-0.3, -0.25) is 14.4 Å². The quantitative estimate of drug-likeness (QED) is 0.528. The number of nitrogens with one attached hydrogen (secondary N) is 1. The van der Waals surface area contributed by atoms with Gasteiger partial charge in [-0.05, 0) is 42.8 Å². The average molecular weight is 375 g/mol. The van der Waals surface area contributed by atoms with Gasteiger partial charge in [-0.25, -0.2) is 0 Å².